The maximum Gasteiger partial charge on any atom is 0.309 e. The minimum absolute atomic E-state index is 0.104. The van der Waals surface area contributed by atoms with Crippen molar-refractivity contribution in [2.75, 3.05) is 0 Å². The predicted molar refractivity (Wildman–Crippen MR) is 134 cm³/mol. The van der Waals surface area contributed by atoms with Crippen molar-refractivity contribution in [1.82, 2.24) is 0 Å². The smallest absolute Gasteiger partial charge is 0.309 e. The Morgan fingerprint density at radius 2 is 1.78 bits per heavy atom. The minimum Gasteiger partial charge on any atom is -0.462 e. The summed E-state index contributed by atoms with van der Waals surface area (Å²) in [4.78, 5) is 25.4. The largest absolute Gasteiger partial charge is 0.462 e. The second kappa shape index (κ2) is 8.59. The molecule has 3 saturated carbocycles. The van der Waals surface area contributed by atoms with E-state index >= 15 is 0 Å². The van der Waals surface area contributed by atoms with Gasteiger partial charge in [0.15, 0.2) is 5.78 Å². The number of fused-ring (bicyclic) bond motifs is 5. The van der Waals surface area contributed by atoms with Crippen molar-refractivity contribution >= 4 is 11.8 Å². The van der Waals surface area contributed by atoms with Crippen molar-refractivity contribution in [1.29, 1.82) is 0 Å². The Morgan fingerprint density at radius 1 is 1.11 bits per heavy atom. The van der Waals surface area contributed by atoms with E-state index in [0.29, 0.717) is 37.7 Å². The van der Waals surface area contributed by atoms with E-state index in [9.17, 15) is 35.1 Å². The molecule has 1 aliphatic heterocycles. The summed E-state index contributed by atoms with van der Waals surface area (Å²) in [7, 11) is 0. The summed E-state index contributed by atoms with van der Waals surface area (Å²) in [6.07, 6.45) is 1.21. The maximum absolute atomic E-state index is 13.3. The second-order valence-electron chi connectivity index (χ2n) is 13.7. The number of hydrogen-bond donors (Lipinski definition) is 5. The quantitative estimate of drug-likeness (QED) is 0.354. The number of aliphatic hydroxyl groups excluding tert-OH is 3. The number of hydrogen-bond acceptors (Lipinski definition) is 8. The number of aliphatic hydroxyl groups is 5. The van der Waals surface area contributed by atoms with Gasteiger partial charge in [-0.25, -0.2) is 0 Å². The molecule has 4 fully saturated rings. The van der Waals surface area contributed by atoms with Crippen molar-refractivity contribution in [3.05, 3.63) is 11.6 Å². The fraction of sp³-hybridized carbons (Fsp3) is 0.862. The van der Waals surface area contributed by atoms with Gasteiger partial charge in [0, 0.05) is 17.3 Å². The number of rotatable bonds is 4. The van der Waals surface area contributed by atoms with E-state index in [1.807, 2.05) is 20.8 Å². The standard InChI is InChI=1S/C29H44O8/c1-14-16(15(2)37-25(14)34)10-24(33)28(5,35)23-7-9-29(36)18-11-20(30)19-12-21(31)22(32)13-26(19,3)17(18)6-8-27(23,29)4/h11,14-17,19,21-24,31-33,35-36H,6-10,12-13H2,1-5H3/t14?,15?,16-,17-,19-,21?,22?,23-,24?,26+,27+,28+,29+/m0/s1. The molecule has 5 rings (SSSR count). The van der Waals surface area contributed by atoms with Crippen LogP contribution in [0.15, 0.2) is 11.6 Å². The SMILES string of the molecule is CC1OC(=O)C(C)[C@@H]1CC(O)[C@](C)(O)[C@H]1CC[C@@]2(O)C3=CC(=O)[C@@H]4CC(O)C(O)C[C@]4(C)[C@H]3CC[C@]12C. The predicted octanol–water partition coefficient (Wildman–Crippen LogP) is 1.89. The fourth-order valence-corrected chi connectivity index (χ4v) is 9.39. The van der Waals surface area contributed by atoms with Gasteiger partial charge in [0.05, 0.1) is 35.4 Å². The van der Waals surface area contributed by atoms with Gasteiger partial charge >= 0.3 is 5.97 Å². The van der Waals surface area contributed by atoms with Gasteiger partial charge < -0.3 is 30.3 Å². The second-order valence-corrected chi connectivity index (χ2v) is 13.7. The highest BCUT2D eigenvalue weighted by Crippen LogP contribution is 2.68. The Labute approximate surface area is 219 Å². The number of allylic oxidation sites excluding steroid dienone is 1. The number of cyclic esters (lactones) is 1. The highest BCUT2D eigenvalue weighted by atomic mass is 16.6. The summed E-state index contributed by atoms with van der Waals surface area (Å²) in [5, 5.41) is 56.2. The lowest BCUT2D eigenvalue weighted by molar-refractivity contribution is -0.178. The molecule has 0 radical (unpaired) electrons. The molecule has 0 aromatic rings. The van der Waals surface area contributed by atoms with Crippen molar-refractivity contribution < 1.29 is 39.9 Å². The molecule has 5 unspecified atom stereocenters. The third-order valence-electron chi connectivity index (χ3n) is 11.9. The van der Waals surface area contributed by atoms with Crippen molar-refractivity contribution in [2.45, 2.75) is 115 Å². The molecule has 0 amide bonds. The average molecular weight is 521 g/mol. The van der Waals surface area contributed by atoms with Crippen molar-refractivity contribution in [2.24, 2.45) is 40.4 Å². The lowest BCUT2D eigenvalue weighted by atomic mass is 9.45. The fourth-order valence-electron chi connectivity index (χ4n) is 9.39. The summed E-state index contributed by atoms with van der Waals surface area (Å²) in [5.41, 5.74) is -3.47. The van der Waals surface area contributed by atoms with Crippen molar-refractivity contribution in [3.63, 3.8) is 0 Å². The van der Waals surface area contributed by atoms with Gasteiger partial charge in [0.1, 0.15) is 6.10 Å². The Balaban J connectivity index is 1.44. The molecular weight excluding hydrogens is 476 g/mol. The summed E-state index contributed by atoms with van der Waals surface area (Å²) < 4.78 is 5.34. The molecule has 8 nitrogen and oxygen atoms in total. The molecular formula is C29H44O8. The van der Waals surface area contributed by atoms with E-state index < -0.39 is 52.2 Å². The topological polar surface area (TPSA) is 145 Å². The number of esters is 1. The van der Waals surface area contributed by atoms with E-state index in [2.05, 4.69) is 0 Å². The molecule has 8 heteroatoms. The molecule has 5 N–H and O–H groups in total. The van der Waals surface area contributed by atoms with Gasteiger partial charge in [-0.3, -0.25) is 9.59 Å². The monoisotopic (exact) mass is 520 g/mol. The van der Waals surface area contributed by atoms with Crippen LogP contribution in [0.25, 0.3) is 0 Å². The first-order chi connectivity index (χ1) is 17.1. The Hall–Kier alpha value is -1.32. The minimum atomic E-state index is -1.52. The zero-order valence-corrected chi connectivity index (χ0v) is 22.7. The molecule has 0 aromatic heterocycles. The van der Waals surface area contributed by atoms with Gasteiger partial charge in [0.2, 0.25) is 0 Å². The molecule has 0 bridgehead atoms. The third-order valence-corrected chi connectivity index (χ3v) is 11.9. The van der Waals surface area contributed by atoms with Crippen LogP contribution in [-0.4, -0.2) is 72.9 Å². The molecule has 0 aromatic carbocycles. The van der Waals surface area contributed by atoms with E-state index in [-0.39, 0.29) is 48.5 Å². The molecule has 37 heavy (non-hydrogen) atoms. The van der Waals surface area contributed by atoms with Crippen molar-refractivity contribution in [3.8, 4) is 0 Å². The molecule has 4 aliphatic carbocycles. The van der Waals surface area contributed by atoms with Crippen LogP contribution in [0.2, 0.25) is 0 Å². The Morgan fingerprint density at radius 3 is 2.41 bits per heavy atom. The molecule has 5 aliphatic rings. The maximum atomic E-state index is 13.3. The highest BCUT2D eigenvalue weighted by Gasteiger charge is 2.69. The lowest BCUT2D eigenvalue weighted by Crippen LogP contribution is -2.63. The first-order valence-corrected chi connectivity index (χ1v) is 14.0. The van der Waals surface area contributed by atoms with E-state index in [1.165, 1.54) is 0 Å². The molecule has 1 heterocycles. The molecule has 1 saturated heterocycles. The van der Waals surface area contributed by atoms with Gasteiger partial charge in [-0.05, 0) is 87.7 Å². The van der Waals surface area contributed by atoms with Crippen LogP contribution in [0, 0.1) is 40.4 Å². The zero-order chi connectivity index (χ0) is 27.3. The third kappa shape index (κ3) is 3.65. The lowest BCUT2D eigenvalue weighted by Gasteiger charge is -2.60. The van der Waals surface area contributed by atoms with Crippen LogP contribution in [-0.2, 0) is 14.3 Å². The number of carbonyl (C=O) groups excluding carboxylic acids is 2. The average Bonchev–Trinajstić information content (AvgIpc) is 3.23. The van der Waals surface area contributed by atoms with Crippen LogP contribution < -0.4 is 0 Å². The summed E-state index contributed by atoms with van der Waals surface area (Å²) in [6, 6.07) is 0. The van der Waals surface area contributed by atoms with Gasteiger partial charge in [-0.2, -0.15) is 0 Å². The summed E-state index contributed by atoms with van der Waals surface area (Å²) >= 11 is 0. The first kappa shape index (κ1) is 27.3. The van der Waals surface area contributed by atoms with E-state index in [0.717, 1.165) is 0 Å². The zero-order valence-electron chi connectivity index (χ0n) is 22.7. The molecule has 0 spiro atoms. The molecule has 13 atom stereocenters. The van der Waals surface area contributed by atoms with E-state index in [1.54, 1.807) is 19.9 Å². The van der Waals surface area contributed by atoms with Crippen LogP contribution in [0.1, 0.15) is 79.6 Å². The highest BCUT2D eigenvalue weighted by molar-refractivity contribution is 5.95. The first-order valence-electron chi connectivity index (χ1n) is 14.0. The van der Waals surface area contributed by atoms with Gasteiger partial charge in [-0.15, -0.1) is 0 Å². The summed E-state index contributed by atoms with van der Waals surface area (Å²) in [6.45, 7) is 9.21. The van der Waals surface area contributed by atoms with E-state index in [4.69, 9.17) is 4.74 Å². The van der Waals surface area contributed by atoms with Gasteiger partial charge in [-0.1, -0.05) is 20.8 Å². The number of ketones is 1. The van der Waals surface area contributed by atoms with Crippen LogP contribution in [0.5, 0.6) is 0 Å². The Kier molecular flexibility index (Phi) is 6.33. The normalized spacial score (nSPS) is 51.9. The van der Waals surface area contributed by atoms with Crippen LogP contribution in [0.4, 0.5) is 0 Å². The number of carbonyl (C=O) groups is 2. The van der Waals surface area contributed by atoms with Crippen LogP contribution in [0.3, 0.4) is 0 Å². The number of ether oxygens (including phenoxy) is 1. The Bertz CT molecular complexity index is 1010. The summed E-state index contributed by atoms with van der Waals surface area (Å²) in [5.74, 6) is -1.88. The van der Waals surface area contributed by atoms with Crippen LogP contribution >= 0.6 is 0 Å². The van der Waals surface area contributed by atoms with Gasteiger partial charge in [0.25, 0.3) is 0 Å². The molecule has 208 valence electrons.